The average Bonchev–Trinajstić information content (AvgIpc) is 2.98. The third-order valence-corrected chi connectivity index (χ3v) is 4.60. The lowest BCUT2D eigenvalue weighted by Gasteiger charge is -1.97. The monoisotopic (exact) mass is 303 g/mol. The van der Waals surface area contributed by atoms with Crippen molar-refractivity contribution in [1.29, 1.82) is 0 Å². The van der Waals surface area contributed by atoms with E-state index in [9.17, 15) is 5.11 Å². The molecule has 0 saturated carbocycles. The summed E-state index contributed by atoms with van der Waals surface area (Å²) in [5.41, 5.74) is 1.79. The Morgan fingerprint density at radius 2 is 1.68 bits per heavy atom. The van der Waals surface area contributed by atoms with Gasteiger partial charge in [-0.25, -0.2) is 4.98 Å². The van der Waals surface area contributed by atoms with E-state index < -0.39 is 0 Å². The second-order valence-electron chi connectivity index (χ2n) is 5.08. The first-order valence-electron chi connectivity index (χ1n) is 7.06. The molecule has 0 fully saturated rings. The van der Waals surface area contributed by atoms with E-state index in [-0.39, 0.29) is 5.76 Å². The summed E-state index contributed by atoms with van der Waals surface area (Å²) in [7, 11) is 0. The van der Waals surface area contributed by atoms with E-state index in [1.807, 2.05) is 42.5 Å². The molecule has 0 amide bonds. The molecular formula is C19H13NOS. The minimum Gasteiger partial charge on any atom is -0.507 e. The first-order chi connectivity index (χ1) is 10.8. The van der Waals surface area contributed by atoms with Crippen molar-refractivity contribution >= 4 is 44.2 Å². The minimum atomic E-state index is 0.240. The molecule has 106 valence electrons. The quantitative estimate of drug-likeness (QED) is 0.496. The molecule has 4 rings (SSSR count). The van der Waals surface area contributed by atoms with Crippen molar-refractivity contribution in [3.8, 4) is 0 Å². The molecule has 0 unspecified atom stereocenters. The summed E-state index contributed by atoms with van der Waals surface area (Å²) in [5.74, 6) is 0.240. The summed E-state index contributed by atoms with van der Waals surface area (Å²) >= 11 is 1.59. The normalized spacial score (nSPS) is 12.1. The van der Waals surface area contributed by atoms with Crippen LogP contribution in [0.4, 0.5) is 0 Å². The molecule has 1 aromatic heterocycles. The van der Waals surface area contributed by atoms with Crippen molar-refractivity contribution < 1.29 is 5.11 Å². The Bertz CT molecular complexity index is 986. The van der Waals surface area contributed by atoms with Crippen LogP contribution in [0, 0.1) is 0 Å². The van der Waals surface area contributed by atoms with Crippen LogP contribution in [-0.2, 0) is 0 Å². The lowest BCUT2D eigenvalue weighted by molar-refractivity contribution is 0.515. The molecule has 1 N–H and O–H groups in total. The Labute approximate surface area is 132 Å². The molecule has 3 aromatic carbocycles. The largest absolute Gasteiger partial charge is 0.507 e. The molecule has 3 heteroatoms. The van der Waals surface area contributed by atoms with Crippen molar-refractivity contribution in [2.45, 2.75) is 0 Å². The van der Waals surface area contributed by atoms with Crippen molar-refractivity contribution in [2.24, 2.45) is 0 Å². The van der Waals surface area contributed by atoms with Gasteiger partial charge < -0.3 is 5.11 Å². The van der Waals surface area contributed by atoms with E-state index >= 15 is 0 Å². The van der Waals surface area contributed by atoms with Crippen LogP contribution in [0.3, 0.4) is 0 Å². The summed E-state index contributed by atoms with van der Waals surface area (Å²) in [6.07, 6.45) is 1.73. The lowest BCUT2D eigenvalue weighted by Crippen LogP contribution is -1.81. The van der Waals surface area contributed by atoms with Gasteiger partial charge in [0.05, 0.1) is 10.2 Å². The minimum absolute atomic E-state index is 0.240. The van der Waals surface area contributed by atoms with Gasteiger partial charge in [-0.05, 0) is 11.5 Å². The van der Waals surface area contributed by atoms with Gasteiger partial charge >= 0.3 is 0 Å². The van der Waals surface area contributed by atoms with Gasteiger partial charge in [-0.3, -0.25) is 0 Å². The summed E-state index contributed by atoms with van der Waals surface area (Å²) in [6.45, 7) is 0. The molecule has 22 heavy (non-hydrogen) atoms. The zero-order chi connectivity index (χ0) is 14.9. The fourth-order valence-electron chi connectivity index (χ4n) is 2.55. The van der Waals surface area contributed by atoms with Gasteiger partial charge in [-0.1, -0.05) is 60.7 Å². The van der Waals surface area contributed by atoms with Crippen molar-refractivity contribution in [1.82, 2.24) is 4.98 Å². The van der Waals surface area contributed by atoms with Crippen molar-refractivity contribution in [2.75, 3.05) is 0 Å². The Kier molecular flexibility index (Phi) is 3.13. The van der Waals surface area contributed by atoms with Crippen LogP contribution < -0.4 is 0 Å². The fraction of sp³-hybridized carbons (Fsp3) is 0. The van der Waals surface area contributed by atoms with Gasteiger partial charge in [0.25, 0.3) is 0 Å². The summed E-state index contributed by atoms with van der Waals surface area (Å²) < 4.78 is 1.13. The Balaban J connectivity index is 1.85. The smallest absolute Gasteiger partial charge is 0.125 e. The first-order valence-corrected chi connectivity index (χ1v) is 7.87. The zero-order valence-electron chi connectivity index (χ0n) is 11.7. The highest BCUT2D eigenvalue weighted by atomic mass is 32.1. The average molecular weight is 303 g/mol. The molecule has 1 heterocycles. The molecular weight excluding hydrogens is 290 g/mol. The van der Waals surface area contributed by atoms with Gasteiger partial charge in [0.2, 0.25) is 0 Å². The number of hydrogen-bond acceptors (Lipinski definition) is 3. The van der Waals surface area contributed by atoms with Gasteiger partial charge in [0, 0.05) is 17.0 Å². The van der Waals surface area contributed by atoms with E-state index in [1.54, 1.807) is 17.4 Å². The molecule has 0 aliphatic heterocycles. The maximum Gasteiger partial charge on any atom is 0.125 e. The van der Waals surface area contributed by atoms with Gasteiger partial charge in [-0.2, -0.15) is 0 Å². The molecule has 0 radical (unpaired) electrons. The van der Waals surface area contributed by atoms with E-state index in [1.165, 1.54) is 5.39 Å². The molecule has 0 saturated heterocycles. The molecule has 0 aliphatic carbocycles. The zero-order valence-corrected chi connectivity index (χ0v) is 12.5. The number of rotatable bonds is 2. The second kappa shape index (κ2) is 5.28. The third-order valence-electron chi connectivity index (χ3n) is 3.63. The predicted octanol–water partition coefficient (Wildman–Crippen LogP) is 5.51. The fourth-order valence-corrected chi connectivity index (χ4v) is 3.47. The van der Waals surface area contributed by atoms with Crippen LogP contribution in [0.15, 0.2) is 66.7 Å². The first kappa shape index (κ1) is 13.0. The van der Waals surface area contributed by atoms with E-state index in [0.29, 0.717) is 0 Å². The van der Waals surface area contributed by atoms with Crippen LogP contribution in [0.1, 0.15) is 10.6 Å². The van der Waals surface area contributed by atoms with Crippen LogP contribution >= 0.6 is 11.3 Å². The highest BCUT2D eigenvalue weighted by molar-refractivity contribution is 7.19. The SMILES string of the molecule is O/C(=C\c1nc2c(ccc3ccccc32)s1)c1ccccc1. The van der Waals surface area contributed by atoms with Crippen LogP contribution in [0.25, 0.3) is 32.8 Å². The summed E-state index contributed by atoms with van der Waals surface area (Å²) in [4.78, 5) is 4.69. The topological polar surface area (TPSA) is 33.1 Å². The standard InChI is InChI=1S/C19H13NOS/c21-16(14-7-2-1-3-8-14)12-18-20-19-15-9-5-4-6-13(15)10-11-17(19)22-18/h1-12,21H/b16-12-. The number of benzene rings is 3. The second-order valence-corrected chi connectivity index (χ2v) is 6.14. The van der Waals surface area contributed by atoms with Gasteiger partial charge in [0.15, 0.2) is 0 Å². The highest BCUT2D eigenvalue weighted by Crippen LogP contribution is 2.30. The number of hydrogen-bond donors (Lipinski definition) is 1. The number of aromatic nitrogens is 1. The molecule has 2 nitrogen and oxygen atoms in total. The van der Waals surface area contributed by atoms with Crippen LogP contribution in [-0.4, -0.2) is 10.1 Å². The number of fused-ring (bicyclic) bond motifs is 3. The van der Waals surface area contributed by atoms with Crippen molar-refractivity contribution in [3.05, 3.63) is 77.3 Å². The molecule has 0 aliphatic rings. The molecule has 0 spiro atoms. The Morgan fingerprint density at radius 3 is 2.55 bits per heavy atom. The predicted molar refractivity (Wildman–Crippen MR) is 94.1 cm³/mol. The van der Waals surface area contributed by atoms with E-state index in [2.05, 4.69) is 29.2 Å². The number of thiazole rings is 1. The Hall–Kier alpha value is -2.65. The van der Waals surface area contributed by atoms with Gasteiger partial charge in [0.1, 0.15) is 10.8 Å². The van der Waals surface area contributed by atoms with Crippen LogP contribution in [0.2, 0.25) is 0 Å². The van der Waals surface area contributed by atoms with Crippen LogP contribution in [0.5, 0.6) is 0 Å². The summed E-state index contributed by atoms with van der Waals surface area (Å²) in [6, 6.07) is 21.9. The van der Waals surface area contributed by atoms with Gasteiger partial charge in [-0.15, -0.1) is 11.3 Å². The highest BCUT2D eigenvalue weighted by Gasteiger charge is 2.07. The number of nitrogens with zero attached hydrogens (tertiary/aromatic N) is 1. The van der Waals surface area contributed by atoms with E-state index in [4.69, 9.17) is 0 Å². The molecule has 0 bridgehead atoms. The molecule has 0 atom stereocenters. The molecule has 4 aromatic rings. The summed E-state index contributed by atoms with van der Waals surface area (Å²) in [5, 5.41) is 13.4. The number of aliphatic hydroxyl groups excluding tert-OH is 1. The third kappa shape index (κ3) is 2.26. The van der Waals surface area contributed by atoms with Crippen molar-refractivity contribution in [3.63, 3.8) is 0 Å². The maximum absolute atomic E-state index is 10.2. The maximum atomic E-state index is 10.2. The lowest BCUT2D eigenvalue weighted by atomic mass is 10.1. The Morgan fingerprint density at radius 1 is 0.909 bits per heavy atom. The van der Waals surface area contributed by atoms with E-state index in [0.717, 1.165) is 26.2 Å². The number of aliphatic hydroxyl groups is 1.